The number of benzene rings is 2. The molecule has 0 heterocycles. The van der Waals surface area contributed by atoms with Crippen molar-refractivity contribution in [2.24, 2.45) is 0 Å². The van der Waals surface area contributed by atoms with Gasteiger partial charge in [-0.3, -0.25) is 25.8 Å². The number of hydrogen-bond acceptors (Lipinski definition) is 4. The van der Waals surface area contributed by atoms with Crippen molar-refractivity contribution in [1.29, 1.82) is 0 Å². The molecule has 0 saturated heterocycles. The predicted octanol–water partition coefficient (Wildman–Crippen LogP) is 2.11. The Morgan fingerprint density at radius 1 is 1.04 bits per heavy atom. The standard InChI is InChI=1S/C19H19N3O3S/c1-14-7-5-6-10-16(14)25-13-18(24)21-22-19(26)20-17(23)12-11-15-8-3-2-4-9-15/h2-12H,13H2,1H3,(H,21,24)(H2,20,22,23,26). The smallest absolute Gasteiger partial charge is 0.276 e. The maximum absolute atomic E-state index is 11.8. The van der Waals surface area contributed by atoms with Crippen molar-refractivity contribution >= 4 is 35.2 Å². The number of amides is 2. The van der Waals surface area contributed by atoms with Gasteiger partial charge < -0.3 is 4.74 Å². The van der Waals surface area contributed by atoms with E-state index in [-0.39, 0.29) is 11.7 Å². The second-order valence-corrected chi connectivity index (χ2v) is 5.70. The summed E-state index contributed by atoms with van der Waals surface area (Å²) in [5, 5.41) is 2.41. The summed E-state index contributed by atoms with van der Waals surface area (Å²) in [5.41, 5.74) is 6.63. The van der Waals surface area contributed by atoms with Crippen molar-refractivity contribution in [3.63, 3.8) is 0 Å². The first-order valence-electron chi connectivity index (χ1n) is 7.86. The molecule has 0 aliphatic carbocycles. The fourth-order valence-electron chi connectivity index (χ4n) is 1.95. The molecule has 6 nitrogen and oxygen atoms in total. The fraction of sp³-hybridized carbons (Fsp3) is 0.105. The number of aryl methyl sites for hydroxylation is 1. The zero-order valence-electron chi connectivity index (χ0n) is 14.2. The molecule has 2 amide bonds. The SMILES string of the molecule is Cc1ccccc1OCC(=O)NNC(=S)NC(=O)C=Cc1ccccc1. The highest BCUT2D eigenvalue weighted by molar-refractivity contribution is 7.80. The molecule has 0 atom stereocenters. The van der Waals surface area contributed by atoms with Gasteiger partial charge in [0.2, 0.25) is 5.91 Å². The minimum atomic E-state index is -0.426. The topological polar surface area (TPSA) is 79.5 Å². The van der Waals surface area contributed by atoms with Crippen LogP contribution in [0.1, 0.15) is 11.1 Å². The Morgan fingerprint density at radius 3 is 2.46 bits per heavy atom. The lowest BCUT2D eigenvalue weighted by atomic mass is 10.2. The van der Waals surface area contributed by atoms with Crippen LogP contribution in [0.4, 0.5) is 0 Å². The van der Waals surface area contributed by atoms with Crippen LogP contribution in [-0.4, -0.2) is 23.5 Å². The minimum absolute atomic E-state index is 0.0167. The molecule has 134 valence electrons. The van der Waals surface area contributed by atoms with Gasteiger partial charge in [-0.15, -0.1) is 0 Å². The van der Waals surface area contributed by atoms with Crippen LogP contribution in [0.3, 0.4) is 0 Å². The number of hydrogen-bond donors (Lipinski definition) is 3. The normalized spacial score (nSPS) is 10.2. The molecule has 0 unspecified atom stereocenters. The monoisotopic (exact) mass is 369 g/mol. The van der Waals surface area contributed by atoms with Crippen LogP contribution < -0.4 is 20.9 Å². The molecule has 7 heteroatoms. The van der Waals surface area contributed by atoms with Crippen molar-refractivity contribution in [2.45, 2.75) is 6.92 Å². The van der Waals surface area contributed by atoms with E-state index in [1.165, 1.54) is 6.08 Å². The quantitative estimate of drug-likeness (QED) is 0.427. The Bertz CT molecular complexity index is 807. The number of para-hydroxylation sites is 1. The highest BCUT2D eigenvalue weighted by Crippen LogP contribution is 2.15. The Kier molecular flexibility index (Phi) is 7.32. The lowest BCUT2D eigenvalue weighted by Gasteiger charge is -2.11. The Balaban J connectivity index is 1.69. The Hall–Kier alpha value is -3.19. The van der Waals surface area contributed by atoms with Gasteiger partial charge in [0, 0.05) is 6.08 Å². The third-order valence-electron chi connectivity index (χ3n) is 3.23. The molecular weight excluding hydrogens is 350 g/mol. The second kappa shape index (κ2) is 9.95. The van der Waals surface area contributed by atoms with Gasteiger partial charge in [0.05, 0.1) is 0 Å². The van der Waals surface area contributed by atoms with Crippen molar-refractivity contribution in [2.75, 3.05) is 6.61 Å². The van der Waals surface area contributed by atoms with Gasteiger partial charge in [-0.2, -0.15) is 0 Å². The molecule has 26 heavy (non-hydrogen) atoms. The van der Waals surface area contributed by atoms with E-state index >= 15 is 0 Å². The van der Waals surface area contributed by atoms with Crippen LogP contribution in [0.25, 0.3) is 6.08 Å². The number of carbonyl (C=O) groups excluding carboxylic acids is 2. The number of nitrogens with one attached hydrogen (secondary N) is 3. The summed E-state index contributed by atoms with van der Waals surface area (Å²) in [4.78, 5) is 23.5. The lowest BCUT2D eigenvalue weighted by Crippen LogP contribution is -2.49. The molecule has 0 aliphatic heterocycles. The molecule has 0 aromatic heterocycles. The first kappa shape index (κ1) is 19.1. The molecule has 2 aromatic rings. The number of carbonyl (C=O) groups is 2. The summed E-state index contributed by atoms with van der Waals surface area (Å²) in [5.74, 6) is -0.203. The summed E-state index contributed by atoms with van der Waals surface area (Å²) in [6.45, 7) is 1.71. The van der Waals surface area contributed by atoms with Crippen molar-refractivity contribution in [3.05, 3.63) is 71.8 Å². The predicted molar refractivity (Wildman–Crippen MR) is 104 cm³/mol. The first-order chi connectivity index (χ1) is 12.5. The zero-order chi connectivity index (χ0) is 18.8. The van der Waals surface area contributed by atoms with E-state index in [1.807, 2.05) is 55.5 Å². The molecular formula is C19H19N3O3S. The lowest BCUT2D eigenvalue weighted by molar-refractivity contribution is -0.123. The molecule has 0 saturated carbocycles. The van der Waals surface area contributed by atoms with Crippen LogP contribution in [0, 0.1) is 6.92 Å². The highest BCUT2D eigenvalue weighted by Gasteiger charge is 2.06. The maximum Gasteiger partial charge on any atom is 0.276 e. The summed E-state index contributed by atoms with van der Waals surface area (Å²) in [6, 6.07) is 16.8. The van der Waals surface area contributed by atoms with E-state index in [9.17, 15) is 9.59 Å². The Morgan fingerprint density at radius 2 is 1.73 bits per heavy atom. The van der Waals surface area contributed by atoms with Gasteiger partial charge in [0.25, 0.3) is 5.91 Å². The van der Waals surface area contributed by atoms with Crippen molar-refractivity contribution in [1.82, 2.24) is 16.2 Å². The molecule has 0 fully saturated rings. The third kappa shape index (κ3) is 6.74. The molecule has 0 spiro atoms. The van der Waals surface area contributed by atoms with Gasteiger partial charge in [-0.25, -0.2) is 0 Å². The van der Waals surface area contributed by atoms with Crippen LogP contribution in [0.5, 0.6) is 5.75 Å². The van der Waals surface area contributed by atoms with E-state index in [2.05, 4.69) is 16.2 Å². The fourth-order valence-corrected chi connectivity index (χ4v) is 2.10. The Labute approximate surface area is 157 Å². The second-order valence-electron chi connectivity index (χ2n) is 5.29. The van der Waals surface area contributed by atoms with E-state index in [0.717, 1.165) is 11.1 Å². The van der Waals surface area contributed by atoms with E-state index < -0.39 is 11.8 Å². The van der Waals surface area contributed by atoms with E-state index in [4.69, 9.17) is 17.0 Å². The van der Waals surface area contributed by atoms with E-state index in [0.29, 0.717) is 5.75 Å². The molecule has 2 aromatic carbocycles. The first-order valence-corrected chi connectivity index (χ1v) is 8.27. The molecule has 0 aliphatic rings. The van der Waals surface area contributed by atoms with Crippen LogP contribution in [0.15, 0.2) is 60.7 Å². The van der Waals surface area contributed by atoms with Gasteiger partial charge >= 0.3 is 0 Å². The van der Waals surface area contributed by atoms with Gasteiger partial charge in [-0.1, -0.05) is 48.5 Å². The van der Waals surface area contributed by atoms with Crippen LogP contribution in [0.2, 0.25) is 0 Å². The van der Waals surface area contributed by atoms with Gasteiger partial charge in [0.15, 0.2) is 11.7 Å². The highest BCUT2D eigenvalue weighted by atomic mass is 32.1. The summed E-state index contributed by atoms with van der Waals surface area (Å²) >= 11 is 4.95. The average Bonchev–Trinajstić information content (AvgIpc) is 2.65. The van der Waals surface area contributed by atoms with Gasteiger partial charge in [0.1, 0.15) is 5.75 Å². The number of hydrazine groups is 1. The van der Waals surface area contributed by atoms with Crippen LogP contribution in [-0.2, 0) is 9.59 Å². The summed E-state index contributed by atoms with van der Waals surface area (Å²) < 4.78 is 5.41. The zero-order valence-corrected chi connectivity index (χ0v) is 15.0. The molecule has 0 bridgehead atoms. The third-order valence-corrected chi connectivity index (χ3v) is 3.44. The largest absolute Gasteiger partial charge is 0.483 e. The molecule has 3 N–H and O–H groups in total. The summed E-state index contributed by atoms with van der Waals surface area (Å²) in [6.07, 6.45) is 3.01. The van der Waals surface area contributed by atoms with Crippen molar-refractivity contribution in [3.8, 4) is 5.75 Å². The average molecular weight is 369 g/mol. The van der Waals surface area contributed by atoms with Crippen LogP contribution >= 0.6 is 12.2 Å². The molecule has 0 radical (unpaired) electrons. The number of ether oxygens (including phenoxy) is 1. The van der Waals surface area contributed by atoms with Gasteiger partial charge in [-0.05, 0) is 42.4 Å². The molecule has 2 rings (SSSR count). The van der Waals surface area contributed by atoms with E-state index in [1.54, 1.807) is 12.1 Å². The maximum atomic E-state index is 11.8. The summed E-state index contributed by atoms with van der Waals surface area (Å²) in [7, 11) is 0. The number of rotatable bonds is 5. The van der Waals surface area contributed by atoms with Crippen molar-refractivity contribution < 1.29 is 14.3 Å². The number of thiocarbonyl (C=S) groups is 1. The minimum Gasteiger partial charge on any atom is -0.483 e.